The monoisotopic (exact) mass is 706 g/mol. The molecular weight excluding hydrogens is 677 g/mol. The average Bonchev–Trinajstić information content (AvgIpc) is 3.73. The van der Waals surface area contributed by atoms with Crippen molar-refractivity contribution >= 4 is 53.9 Å². The highest BCUT2D eigenvalue weighted by Gasteiger charge is 2.29. The molecule has 0 N–H and O–H groups in total. The number of benzene rings is 10. The first-order valence-corrected chi connectivity index (χ1v) is 19.1. The Bertz CT molecular complexity index is 3560. The molecule has 2 aliphatic rings. The lowest BCUT2D eigenvalue weighted by Crippen LogP contribution is -1.94. The van der Waals surface area contributed by atoms with Crippen molar-refractivity contribution in [3.8, 4) is 78.9 Å². The van der Waals surface area contributed by atoms with Crippen molar-refractivity contribution < 1.29 is 0 Å². The normalized spacial score (nSPS) is 12.1. The van der Waals surface area contributed by atoms with E-state index >= 15 is 0 Å². The number of nitrogens with zero attached hydrogens (tertiary/aromatic N) is 2. The van der Waals surface area contributed by atoms with E-state index in [4.69, 9.17) is 0 Å². The summed E-state index contributed by atoms with van der Waals surface area (Å²) >= 11 is 0. The molecule has 0 unspecified atom stereocenters. The van der Waals surface area contributed by atoms with Crippen LogP contribution in [0.2, 0.25) is 0 Å². The Hall–Kier alpha value is -7.52. The van der Waals surface area contributed by atoms with E-state index in [2.05, 4.69) is 153 Å². The second-order valence-corrected chi connectivity index (χ2v) is 15.5. The number of aryl methyl sites for hydroxylation is 2. The molecule has 2 nitrogen and oxygen atoms in total. The number of hydrogen-bond acceptors (Lipinski definition) is 2. The van der Waals surface area contributed by atoms with Gasteiger partial charge in [0.05, 0.1) is 23.3 Å². The molecule has 0 radical (unpaired) electrons. The van der Waals surface area contributed by atoms with Crippen LogP contribution in [-0.4, -0.2) is 0 Å². The first kappa shape index (κ1) is 30.9. The van der Waals surface area contributed by atoms with Gasteiger partial charge in [0.25, 0.3) is 0 Å². The molecule has 2 heteroatoms. The van der Waals surface area contributed by atoms with E-state index in [0.717, 1.165) is 27.8 Å². The number of hydrogen-bond donors (Lipinski definition) is 0. The molecule has 0 aromatic heterocycles. The summed E-state index contributed by atoms with van der Waals surface area (Å²) in [5, 5.41) is 32.2. The predicted molar refractivity (Wildman–Crippen MR) is 233 cm³/mol. The second kappa shape index (κ2) is 11.0. The fourth-order valence-electron chi connectivity index (χ4n) is 10.2. The van der Waals surface area contributed by atoms with E-state index in [1.165, 1.54) is 104 Å². The van der Waals surface area contributed by atoms with Gasteiger partial charge in [-0.25, -0.2) is 0 Å². The minimum Gasteiger partial charge on any atom is -0.192 e. The highest BCUT2D eigenvalue weighted by Crippen LogP contribution is 2.56. The molecule has 0 saturated carbocycles. The molecule has 12 rings (SSSR count). The van der Waals surface area contributed by atoms with E-state index in [1.807, 2.05) is 18.2 Å². The molecule has 0 amide bonds. The third-order valence-electron chi connectivity index (χ3n) is 12.6. The molecule has 0 fully saturated rings. The Kier molecular flexibility index (Phi) is 6.08. The zero-order chi connectivity index (χ0) is 37.4. The maximum absolute atomic E-state index is 10.1. The average molecular weight is 707 g/mol. The van der Waals surface area contributed by atoms with Gasteiger partial charge in [-0.3, -0.25) is 0 Å². The van der Waals surface area contributed by atoms with Crippen LogP contribution in [0.5, 0.6) is 0 Å². The van der Waals surface area contributed by atoms with Crippen LogP contribution < -0.4 is 0 Å². The van der Waals surface area contributed by atoms with Crippen molar-refractivity contribution in [2.24, 2.45) is 0 Å². The van der Waals surface area contributed by atoms with Gasteiger partial charge in [-0.2, -0.15) is 10.5 Å². The Morgan fingerprint density at radius 1 is 0.321 bits per heavy atom. The van der Waals surface area contributed by atoms with E-state index < -0.39 is 0 Å². The summed E-state index contributed by atoms with van der Waals surface area (Å²) in [7, 11) is 0. The van der Waals surface area contributed by atoms with E-state index in [0.29, 0.717) is 11.1 Å². The smallest absolute Gasteiger partial charge is 0.0991 e. The van der Waals surface area contributed by atoms with Gasteiger partial charge in [0.2, 0.25) is 0 Å². The van der Waals surface area contributed by atoms with Crippen LogP contribution in [0.1, 0.15) is 22.3 Å². The van der Waals surface area contributed by atoms with Crippen LogP contribution in [0.25, 0.3) is 121 Å². The lowest BCUT2D eigenvalue weighted by Gasteiger charge is -2.20. The summed E-state index contributed by atoms with van der Waals surface area (Å²) in [4.78, 5) is 0. The summed E-state index contributed by atoms with van der Waals surface area (Å²) < 4.78 is 0. The molecule has 10 aromatic carbocycles. The van der Waals surface area contributed by atoms with Crippen LogP contribution in [0.3, 0.4) is 0 Å². The summed E-state index contributed by atoms with van der Waals surface area (Å²) in [5.41, 5.74) is 18.1. The first-order chi connectivity index (χ1) is 27.5. The molecule has 0 saturated heterocycles. The van der Waals surface area contributed by atoms with Crippen molar-refractivity contribution in [2.45, 2.75) is 13.8 Å². The van der Waals surface area contributed by atoms with Gasteiger partial charge < -0.3 is 0 Å². The molecule has 56 heavy (non-hydrogen) atoms. The maximum atomic E-state index is 10.1. The van der Waals surface area contributed by atoms with Gasteiger partial charge in [0.1, 0.15) is 0 Å². The third-order valence-corrected chi connectivity index (χ3v) is 12.6. The van der Waals surface area contributed by atoms with Gasteiger partial charge in [-0.1, -0.05) is 97.1 Å². The Labute approximate surface area is 323 Å². The Balaban J connectivity index is 1.27. The summed E-state index contributed by atoms with van der Waals surface area (Å²) in [6.45, 7) is 4.27. The molecule has 0 bridgehead atoms. The highest BCUT2D eigenvalue weighted by molar-refractivity contribution is 6.30. The summed E-state index contributed by atoms with van der Waals surface area (Å²) in [6.07, 6.45) is 0. The second-order valence-electron chi connectivity index (χ2n) is 15.5. The molecule has 10 aromatic rings. The molecular formula is C54H30N2. The Morgan fingerprint density at radius 2 is 0.839 bits per heavy atom. The van der Waals surface area contributed by atoms with Crippen molar-refractivity contribution in [3.05, 3.63) is 168 Å². The van der Waals surface area contributed by atoms with Gasteiger partial charge in [-0.05, 0) is 194 Å². The fourth-order valence-corrected chi connectivity index (χ4v) is 10.2. The minimum absolute atomic E-state index is 0.653. The predicted octanol–water partition coefficient (Wildman–Crippen LogP) is 14.4. The summed E-state index contributed by atoms with van der Waals surface area (Å²) in [6, 6.07) is 57.8. The van der Waals surface area contributed by atoms with E-state index in [-0.39, 0.29) is 0 Å². The van der Waals surface area contributed by atoms with Crippen LogP contribution >= 0.6 is 0 Å². The number of rotatable bonds is 2. The van der Waals surface area contributed by atoms with Gasteiger partial charge in [-0.15, -0.1) is 0 Å². The van der Waals surface area contributed by atoms with Gasteiger partial charge >= 0.3 is 0 Å². The van der Waals surface area contributed by atoms with Crippen LogP contribution in [0.4, 0.5) is 0 Å². The Morgan fingerprint density at radius 3 is 1.52 bits per heavy atom. The largest absolute Gasteiger partial charge is 0.192 e. The first-order valence-electron chi connectivity index (χ1n) is 19.1. The molecule has 0 atom stereocenters. The van der Waals surface area contributed by atoms with Crippen molar-refractivity contribution in [1.29, 1.82) is 10.5 Å². The third kappa shape index (κ3) is 3.98. The molecule has 0 aliphatic heterocycles. The molecule has 2 aliphatic carbocycles. The van der Waals surface area contributed by atoms with E-state index in [9.17, 15) is 10.5 Å². The standard InChI is InChI=1S/C54H30N2/c1-29-15-16-32(28-56)22-42(29)53-40-20-19-36-44(48(40)26-50-39-13-5-9-34-10-6-14-41(52(34)39)54(50)53)23-43(35-18-17-31(27-55)21-30(35)2)49-25-47-38-12-4-8-33-7-3-11-37(51(33)38)46(47)24-45(36)49/h3-26H,1-2H3. The van der Waals surface area contributed by atoms with Crippen LogP contribution in [-0.2, 0) is 0 Å². The van der Waals surface area contributed by atoms with Crippen LogP contribution in [0, 0.1) is 36.5 Å². The highest BCUT2D eigenvalue weighted by atomic mass is 14.3. The zero-order valence-electron chi connectivity index (χ0n) is 30.8. The van der Waals surface area contributed by atoms with Crippen molar-refractivity contribution in [3.63, 3.8) is 0 Å². The molecule has 0 spiro atoms. The topological polar surface area (TPSA) is 47.6 Å². The number of fused-ring (bicyclic) bond motifs is 11. The maximum Gasteiger partial charge on any atom is 0.0991 e. The SMILES string of the molecule is Cc1cc(C#N)ccc1-c1cc2c3cc4c(c(-c5cc(C#N)ccc5C)c3ccc2c2cc3c(cc12)-c1cccc2cccc-3c12)-c1cccc2cccc-4c12. The molecule has 256 valence electrons. The van der Waals surface area contributed by atoms with Gasteiger partial charge in [0.15, 0.2) is 0 Å². The molecule has 0 heterocycles. The van der Waals surface area contributed by atoms with E-state index in [1.54, 1.807) is 0 Å². The lowest BCUT2D eigenvalue weighted by molar-refractivity contribution is 1.42. The zero-order valence-corrected chi connectivity index (χ0v) is 30.8. The fraction of sp³-hybridized carbons (Fsp3) is 0.0370. The lowest BCUT2D eigenvalue weighted by atomic mass is 9.82. The summed E-state index contributed by atoms with van der Waals surface area (Å²) in [5.74, 6) is 0. The number of nitriles is 2. The van der Waals surface area contributed by atoms with Gasteiger partial charge in [0, 0.05) is 0 Å². The van der Waals surface area contributed by atoms with Crippen LogP contribution in [0.15, 0.2) is 146 Å². The quantitative estimate of drug-likeness (QED) is 0.168. The van der Waals surface area contributed by atoms with Crippen molar-refractivity contribution in [1.82, 2.24) is 0 Å². The minimum atomic E-state index is 0.653. The van der Waals surface area contributed by atoms with Crippen molar-refractivity contribution in [2.75, 3.05) is 0 Å².